The van der Waals surface area contributed by atoms with Crippen LogP contribution in [0.1, 0.15) is 11.1 Å². The Morgan fingerprint density at radius 2 is 1.53 bits per heavy atom. The van der Waals surface area contributed by atoms with Crippen molar-refractivity contribution < 1.29 is 13.2 Å². The Kier molecular flexibility index (Phi) is 4.06. The minimum atomic E-state index is -4.34. The van der Waals surface area contributed by atoms with Crippen molar-refractivity contribution in [3.63, 3.8) is 0 Å². The number of halogens is 5. The van der Waals surface area contributed by atoms with E-state index in [4.69, 9.17) is 0 Å². The van der Waals surface area contributed by atoms with E-state index in [1.807, 2.05) is 19.1 Å². The van der Waals surface area contributed by atoms with Crippen molar-refractivity contribution in [3.8, 4) is 11.1 Å². The van der Waals surface area contributed by atoms with Gasteiger partial charge in [0.15, 0.2) is 0 Å². The van der Waals surface area contributed by atoms with Crippen LogP contribution < -0.4 is 0 Å². The van der Waals surface area contributed by atoms with Crippen LogP contribution in [0.4, 0.5) is 13.2 Å². The minimum absolute atomic E-state index is 0.515. The molecule has 0 aliphatic carbocycles. The lowest BCUT2D eigenvalue weighted by atomic mass is 10.0. The van der Waals surface area contributed by atoms with Gasteiger partial charge in [0.05, 0.1) is 5.56 Å². The maximum Gasteiger partial charge on any atom is 0.416 e. The standard InChI is InChI=1S/C14H9Br2F3/c1-8-2-4-10(13(16)6-8)11-7-9(14(17,18)19)3-5-12(11)15/h2-7H,1H3. The van der Waals surface area contributed by atoms with Crippen LogP contribution in [0.3, 0.4) is 0 Å². The molecule has 19 heavy (non-hydrogen) atoms. The normalized spacial score (nSPS) is 11.7. The van der Waals surface area contributed by atoms with Gasteiger partial charge in [-0.25, -0.2) is 0 Å². The molecule has 2 aromatic carbocycles. The predicted molar refractivity (Wildman–Crippen MR) is 77.0 cm³/mol. The maximum absolute atomic E-state index is 12.8. The summed E-state index contributed by atoms with van der Waals surface area (Å²) in [5.41, 5.74) is 1.63. The fourth-order valence-electron chi connectivity index (χ4n) is 1.75. The van der Waals surface area contributed by atoms with E-state index in [1.54, 1.807) is 6.07 Å². The zero-order chi connectivity index (χ0) is 14.2. The van der Waals surface area contributed by atoms with Gasteiger partial charge in [0.25, 0.3) is 0 Å². The molecule has 0 aliphatic rings. The molecule has 2 aromatic rings. The molecule has 2 rings (SSSR count). The Labute approximate surface area is 125 Å². The van der Waals surface area contributed by atoms with Gasteiger partial charge in [-0.05, 0) is 47.9 Å². The molecule has 0 nitrogen and oxygen atoms in total. The third-order valence-electron chi connectivity index (χ3n) is 2.71. The highest BCUT2D eigenvalue weighted by Gasteiger charge is 2.31. The summed E-state index contributed by atoms with van der Waals surface area (Å²) in [4.78, 5) is 0. The van der Waals surface area contributed by atoms with E-state index < -0.39 is 11.7 Å². The summed E-state index contributed by atoms with van der Waals surface area (Å²) < 4.78 is 39.7. The summed E-state index contributed by atoms with van der Waals surface area (Å²) in [5, 5.41) is 0. The van der Waals surface area contributed by atoms with Crippen LogP contribution in [-0.4, -0.2) is 0 Å². The second-order valence-electron chi connectivity index (χ2n) is 4.18. The number of aryl methyl sites for hydroxylation is 1. The highest BCUT2D eigenvalue weighted by atomic mass is 79.9. The van der Waals surface area contributed by atoms with Crippen molar-refractivity contribution in [1.82, 2.24) is 0 Å². The Morgan fingerprint density at radius 3 is 2.11 bits per heavy atom. The molecule has 0 aromatic heterocycles. The molecular formula is C14H9Br2F3. The third-order valence-corrected chi connectivity index (χ3v) is 4.06. The van der Waals surface area contributed by atoms with Gasteiger partial charge in [0, 0.05) is 8.95 Å². The van der Waals surface area contributed by atoms with Crippen LogP contribution in [0.25, 0.3) is 11.1 Å². The molecule has 0 atom stereocenters. The Bertz CT molecular complexity index is 619. The summed E-state index contributed by atoms with van der Waals surface area (Å²) in [6.07, 6.45) is -4.34. The van der Waals surface area contributed by atoms with Gasteiger partial charge in [0.2, 0.25) is 0 Å². The van der Waals surface area contributed by atoms with E-state index >= 15 is 0 Å². The van der Waals surface area contributed by atoms with E-state index in [-0.39, 0.29) is 0 Å². The Hall–Kier alpha value is -0.810. The van der Waals surface area contributed by atoms with Crippen LogP contribution in [0, 0.1) is 6.92 Å². The summed E-state index contributed by atoms with van der Waals surface area (Å²) in [7, 11) is 0. The van der Waals surface area contributed by atoms with Crippen molar-refractivity contribution in [2.75, 3.05) is 0 Å². The van der Waals surface area contributed by atoms with Crippen molar-refractivity contribution >= 4 is 31.9 Å². The maximum atomic E-state index is 12.8. The largest absolute Gasteiger partial charge is 0.416 e. The first-order chi connectivity index (χ1) is 8.79. The van der Waals surface area contributed by atoms with E-state index in [1.165, 1.54) is 6.07 Å². The molecule has 0 heterocycles. The van der Waals surface area contributed by atoms with Crippen molar-refractivity contribution in [2.24, 2.45) is 0 Å². The molecule has 0 saturated heterocycles. The molecular weight excluding hydrogens is 385 g/mol. The SMILES string of the molecule is Cc1ccc(-c2cc(C(F)(F)F)ccc2Br)c(Br)c1. The van der Waals surface area contributed by atoms with Crippen LogP contribution in [0.2, 0.25) is 0 Å². The fourth-order valence-corrected chi connectivity index (χ4v) is 2.91. The molecule has 0 radical (unpaired) electrons. The first kappa shape index (κ1) is 14.6. The van der Waals surface area contributed by atoms with Crippen molar-refractivity contribution in [1.29, 1.82) is 0 Å². The first-order valence-corrected chi connectivity index (χ1v) is 7.01. The second kappa shape index (κ2) is 5.29. The zero-order valence-electron chi connectivity index (χ0n) is 9.85. The first-order valence-electron chi connectivity index (χ1n) is 5.42. The lowest BCUT2D eigenvalue weighted by Crippen LogP contribution is -2.04. The summed E-state index contributed by atoms with van der Waals surface area (Å²) in [6, 6.07) is 9.19. The number of hydrogen-bond donors (Lipinski definition) is 0. The molecule has 0 aliphatic heterocycles. The highest BCUT2D eigenvalue weighted by molar-refractivity contribution is 9.11. The Balaban J connectivity index is 2.61. The molecule has 0 spiro atoms. The molecule has 0 bridgehead atoms. The van der Waals surface area contributed by atoms with Gasteiger partial charge in [0.1, 0.15) is 0 Å². The van der Waals surface area contributed by atoms with E-state index in [2.05, 4.69) is 31.9 Å². The van der Waals surface area contributed by atoms with Gasteiger partial charge in [-0.3, -0.25) is 0 Å². The van der Waals surface area contributed by atoms with Gasteiger partial charge in [-0.15, -0.1) is 0 Å². The summed E-state index contributed by atoms with van der Waals surface area (Å²) >= 11 is 6.69. The second-order valence-corrected chi connectivity index (χ2v) is 5.88. The van der Waals surface area contributed by atoms with Crippen LogP contribution in [0.5, 0.6) is 0 Å². The number of benzene rings is 2. The minimum Gasteiger partial charge on any atom is -0.166 e. The number of alkyl halides is 3. The predicted octanol–water partition coefficient (Wildman–Crippen LogP) is 6.21. The average molecular weight is 394 g/mol. The topological polar surface area (TPSA) is 0 Å². The van der Waals surface area contributed by atoms with Gasteiger partial charge < -0.3 is 0 Å². The van der Waals surface area contributed by atoms with E-state index in [0.717, 1.165) is 27.7 Å². The van der Waals surface area contributed by atoms with Crippen LogP contribution in [0.15, 0.2) is 45.3 Å². The number of hydrogen-bond acceptors (Lipinski definition) is 0. The van der Waals surface area contributed by atoms with E-state index in [9.17, 15) is 13.2 Å². The van der Waals surface area contributed by atoms with Gasteiger partial charge in [-0.2, -0.15) is 13.2 Å². The lowest BCUT2D eigenvalue weighted by Gasteiger charge is -2.12. The number of rotatable bonds is 1. The molecule has 0 unspecified atom stereocenters. The third kappa shape index (κ3) is 3.20. The average Bonchev–Trinajstić information content (AvgIpc) is 2.29. The molecule has 5 heteroatoms. The summed E-state index contributed by atoms with van der Waals surface area (Å²) in [6.45, 7) is 1.93. The van der Waals surface area contributed by atoms with Crippen molar-refractivity contribution in [2.45, 2.75) is 13.1 Å². The summed E-state index contributed by atoms with van der Waals surface area (Å²) in [5.74, 6) is 0. The zero-order valence-corrected chi connectivity index (χ0v) is 13.0. The van der Waals surface area contributed by atoms with Crippen LogP contribution in [-0.2, 0) is 6.18 Å². The monoisotopic (exact) mass is 392 g/mol. The highest BCUT2D eigenvalue weighted by Crippen LogP contribution is 2.38. The molecule has 100 valence electrons. The molecule has 0 amide bonds. The van der Waals surface area contributed by atoms with Crippen LogP contribution >= 0.6 is 31.9 Å². The fraction of sp³-hybridized carbons (Fsp3) is 0.143. The van der Waals surface area contributed by atoms with Gasteiger partial charge in [-0.1, -0.05) is 44.0 Å². The smallest absolute Gasteiger partial charge is 0.166 e. The lowest BCUT2D eigenvalue weighted by molar-refractivity contribution is -0.137. The molecule has 0 fully saturated rings. The Morgan fingerprint density at radius 1 is 0.842 bits per heavy atom. The molecule has 0 N–H and O–H groups in total. The van der Waals surface area contributed by atoms with Gasteiger partial charge >= 0.3 is 6.18 Å². The quantitative estimate of drug-likeness (QED) is 0.540. The molecule has 0 saturated carbocycles. The van der Waals surface area contributed by atoms with Crippen molar-refractivity contribution in [3.05, 3.63) is 56.5 Å². The van der Waals surface area contributed by atoms with E-state index in [0.29, 0.717) is 10.0 Å².